The lowest BCUT2D eigenvalue weighted by Gasteiger charge is -2.43. The van der Waals surface area contributed by atoms with E-state index >= 15 is 0 Å². The fourth-order valence-electron chi connectivity index (χ4n) is 8.52. The fraction of sp³-hybridized carbons (Fsp3) is 0.410. The molecule has 8 rings (SSSR count). The lowest BCUT2D eigenvalue weighted by molar-refractivity contribution is -0.0860. The van der Waals surface area contributed by atoms with Crippen LogP contribution >= 0.6 is 27.5 Å². The summed E-state index contributed by atoms with van der Waals surface area (Å²) in [6.07, 6.45) is 5.35. The van der Waals surface area contributed by atoms with Crippen molar-refractivity contribution in [2.45, 2.75) is 82.0 Å². The van der Waals surface area contributed by atoms with Crippen molar-refractivity contribution in [1.29, 1.82) is 0 Å². The van der Waals surface area contributed by atoms with Crippen LogP contribution in [0, 0.1) is 0 Å². The summed E-state index contributed by atoms with van der Waals surface area (Å²) in [6.45, 7) is 3.84. The Labute approximate surface area is 290 Å². The summed E-state index contributed by atoms with van der Waals surface area (Å²) in [5.74, 6) is 0.523. The zero-order chi connectivity index (χ0) is 32.0. The summed E-state index contributed by atoms with van der Waals surface area (Å²) in [5.41, 5.74) is 7.33. The molecule has 4 aliphatic rings. The maximum Gasteiger partial charge on any atom is 0.215 e. The number of aryl methyl sites for hydroxylation is 1. The molecule has 3 atom stereocenters. The minimum Gasteiger partial charge on any atom is -0.476 e. The monoisotopic (exact) mass is 715 g/mol. The van der Waals surface area contributed by atoms with E-state index in [1.165, 1.54) is 22.3 Å². The third-order valence-corrected chi connectivity index (χ3v) is 11.9. The minimum atomic E-state index is -0.790. The van der Waals surface area contributed by atoms with Gasteiger partial charge < -0.3 is 14.4 Å². The number of fused-ring (bicyclic) bond motifs is 4. The molecule has 0 bridgehead atoms. The summed E-state index contributed by atoms with van der Waals surface area (Å²) in [4.78, 5) is 9.78. The molecular weight excluding hydrogens is 677 g/mol. The Morgan fingerprint density at radius 2 is 1.74 bits per heavy atom. The van der Waals surface area contributed by atoms with E-state index in [0.29, 0.717) is 43.5 Å². The Bertz CT molecular complexity index is 1720. The number of hydrogen-bond acceptors (Lipinski definition) is 5. The van der Waals surface area contributed by atoms with Crippen LogP contribution in [0.5, 0.6) is 5.88 Å². The first-order valence-electron chi connectivity index (χ1n) is 16.9. The predicted molar refractivity (Wildman–Crippen MR) is 188 cm³/mol. The van der Waals surface area contributed by atoms with Crippen molar-refractivity contribution < 1.29 is 13.9 Å². The standard InChI is InChI=1S/C39H40BrClFN3O2/c40-37-34(44(22-27-9-3-1-4-10-27)23-28-11-5-2-6-12-28)15-14-29-13-7-17-39(36(29)37)21-33-31(25-47-39)32(41)19-35(43-33)46-26-38-16-8-18-45(38)24-30(42)20-38/h1-6,9-12,14-15,19,30H,7-8,13,16-18,20-26H2/t30-,38+,39+/m1/s1. The Morgan fingerprint density at radius 3 is 2.49 bits per heavy atom. The Kier molecular flexibility index (Phi) is 8.53. The van der Waals surface area contributed by atoms with Gasteiger partial charge in [0.15, 0.2) is 0 Å². The van der Waals surface area contributed by atoms with Crippen LogP contribution in [0.1, 0.15) is 65.6 Å². The van der Waals surface area contributed by atoms with Gasteiger partial charge in [0.05, 0.1) is 28.5 Å². The lowest BCUT2D eigenvalue weighted by Crippen LogP contribution is -2.43. The molecule has 0 radical (unpaired) electrons. The van der Waals surface area contributed by atoms with E-state index in [4.69, 9.17) is 26.1 Å². The number of rotatable bonds is 8. The molecule has 2 fully saturated rings. The van der Waals surface area contributed by atoms with Gasteiger partial charge in [0.25, 0.3) is 0 Å². The normalized spacial score (nSPS) is 25.0. The third kappa shape index (κ3) is 5.98. The van der Waals surface area contributed by atoms with E-state index in [2.05, 4.69) is 98.5 Å². The zero-order valence-corrected chi connectivity index (χ0v) is 28.9. The molecule has 8 heteroatoms. The molecule has 1 spiro atoms. The van der Waals surface area contributed by atoms with Crippen LogP contribution in [0.25, 0.3) is 0 Å². The Balaban J connectivity index is 1.12. The molecule has 1 aliphatic carbocycles. The van der Waals surface area contributed by atoms with Crippen LogP contribution in [0.2, 0.25) is 5.02 Å². The summed E-state index contributed by atoms with van der Waals surface area (Å²) in [6, 6.07) is 27.7. The van der Waals surface area contributed by atoms with Crippen LogP contribution in [-0.2, 0) is 42.9 Å². The van der Waals surface area contributed by atoms with E-state index < -0.39 is 11.8 Å². The number of alkyl halides is 1. The van der Waals surface area contributed by atoms with Crippen LogP contribution in [0.3, 0.4) is 0 Å². The molecular formula is C39H40BrClFN3O2. The topological polar surface area (TPSA) is 37.8 Å². The highest BCUT2D eigenvalue weighted by Gasteiger charge is 2.49. The summed E-state index contributed by atoms with van der Waals surface area (Å²) in [7, 11) is 0. The summed E-state index contributed by atoms with van der Waals surface area (Å²) in [5, 5.41) is 0.621. The van der Waals surface area contributed by atoms with E-state index in [-0.39, 0.29) is 5.54 Å². The number of ether oxygens (including phenoxy) is 2. The number of aromatic nitrogens is 1. The summed E-state index contributed by atoms with van der Waals surface area (Å²) < 4.78 is 28.7. The highest BCUT2D eigenvalue weighted by atomic mass is 79.9. The largest absolute Gasteiger partial charge is 0.476 e. The first-order chi connectivity index (χ1) is 22.9. The van der Waals surface area contributed by atoms with Crippen molar-refractivity contribution in [3.63, 3.8) is 0 Å². The van der Waals surface area contributed by atoms with Crippen molar-refractivity contribution in [1.82, 2.24) is 9.88 Å². The van der Waals surface area contributed by atoms with Crippen LogP contribution in [-0.4, -0.2) is 41.3 Å². The van der Waals surface area contributed by atoms with Crippen LogP contribution < -0.4 is 9.64 Å². The number of benzene rings is 3. The first-order valence-corrected chi connectivity index (χ1v) is 18.1. The number of pyridine rings is 1. The van der Waals surface area contributed by atoms with Gasteiger partial charge in [0.1, 0.15) is 18.4 Å². The lowest BCUT2D eigenvalue weighted by atomic mass is 9.74. The first kappa shape index (κ1) is 31.3. The molecule has 4 aromatic rings. The highest BCUT2D eigenvalue weighted by molar-refractivity contribution is 9.10. The maximum absolute atomic E-state index is 14.4. The van der Waals surface area contributed by atoms with Gasteiger partial charge in [-0.15, -0.1) is 0 Å². The second-order valence-electron chi connectivity index (χ2n) is 13.8. The van der Waals surface area contributed by atoms with Gasteiger partial charge in [0.2, 0.25) is 5.88 Å². The quantitative estimate of drug-likeness (QED) is 0.182. The average molecular weight is 717 g/mol. The van der Waals surface area contributed by atoms with Gasteiger partial charge in [-0.05, 0) is 77.3 Å². The third-order valence-electron chi connectivity index (χ3n) is 10.8. The van der Waals surface area contributed by atoms with Crippen LogP contribution in [0.15, 0.2) is 83.3 Å². The summed E-state index contributed by atoms with van der Waals surface area (Å²) >= 11 is 11.0. The van der Waals surface area contributed by atoms with Gasteiger partial charge >= 0.3 is 0 Å². The van der Waals surface area contributed by atoms with Crippen molar-refractivity contribution >= 4 is 33.2 Å². The van der Waals surface area contributed by atoms with Crippen molar-refractivity contribution in [3.8, 4) is 5.88 Å². The molecule has 1 aromatic heterocycles. The molecule has 4 heterocycles. The molecule has 2 saturated heterocycles. The van der Waals surface area contributed by atoms with Crippen LogP contribution in [0.4, 0.5) is 10.1 Å². The van der Waals surface area contributed by atoms with Crippen molar-refractivity contribution in [3.05, 3.63) is 122 Å². The van der Waals surface area contributed by atoms with Gasteiger partial charge in [0, 0.05) is 54.1 Å². The maximum atomic E-state index is 14.4. The van der Waals surface area contributed by atoms with E-state index in [0.717, 1.165) is 73.2 Å². The molecule has 0 unspecified atom stereocenters. The molecule has 0 amide bonds. The van der Waals surface area contributed by atoms with Gasteiger partial charge in [-0.1, -0.05) is 78.3 Å². The number of halogens is 3. The second kappa shape index (κ2) is 12.8. The van der Waals surface area contributed by atoms with E-state index in [1.54, 1.807) is 0 Å². The molecule has 3 aromatic carbocycles. The predicted octanol–water partition coefficient (Wildman–Crippen LogP) is 8.96. The van der Waals surface area contributed by atoms with Gasteiger partial charge in [-0.2, -0.15) is 0 Å². The number of nitrogens with zero attached hydrogens (tertiary/aromatic N) is 3. The molecule has 244 valence electrons. The van der Waals surface area contributed by atoms with E-state index in [1.807, 2.05) is 6.07 Å². The average Bonchev–Trinajstić information content (AvgIpc) is 3.60. The SMILES string of the molecule is F[C@H]1CN2CCC[C@@]2(COc2cc(Cl)c3c(n2)C[C@]2(CCCc4ccc(N(Cc5ccccc5)Cc5ccccc5)c(Br)c42)OC3)C1. The number of anilines is 1. The van der Waals surface area contributed by atoms with Gasteiger partial charge in [-0.25, -0.2) is 9.37 Å². The molecule has 3 aliphatic heterocycles. The minimum absolute atomic E-state index is 0.233. The molecule has 47 heavy (non-hydrogen) atoms. The number of hydrogen-bond donors (Lipinski definition) is 0. The second-order valence-corrected chi connectivity index (χ2v) is 15.0. The van der Waals surface area contributed by atoms with Crippen molar-refractivity contribution in [2.24, 2.45) is 0 Å². The fourth-order valence-corrected chi connectivity index (χ4v) is 9.78. The smallest absolute Gasteiger partial charge is 0.215 e. The van der Waals surface area contributed by atoms with Gasteiger partial charge in [-0.3, -0.25) is 4.90 Å². The zero-order valence-electron chi connectivity index (χ0n) is 26.6. The van der Waals surface area contributed by atoms with E-state index in [9.17, 15) is 4.39 Å². The molecule has 5 nitrogen and oxygen atoms in total. The highest BCUT2D eigenvalue weighted by Crippen LogP contribution is 2.51. The van der Waals surface area contributed by atoms with Crippen molar-refractivity contribution in [2.75, 3.05) is 24.6 Å². The molecule has 0 saturated carbocycles. The molecule has 0 N–H and O–H groups in total. The Hall–Kier alpha value is -2.97. The Morgan fingerprint density at radius 1 is 1.00 bits per heavy atom.